The Bertz CT molecular complexity index is 390. The molecule has 92 valence electrons. The molecule has 0 heterocycles. The quantitative estimate of drug-likeness (QED) is 0.770. The number of carboxylic acids is 1. The van der Waals surface area contributed by atoms with Gasteiger partial charge in [0, 0.05) is 5.41 Å². The Labute approximate surface area is 102 Å². The summed E-state index contributed by atoms with van der Waals surface area (Å²) in [6.07, 6.45) is 1.79. The maximum atomic E-state index is 10.8. The number of ether oxygens (including phenoxy) is 1. The fraction of sp³-hybridized carbons (Fsp3) is 0.357. The summed E-state index contributed by atoms with van der Waals surface area (Å²) in [5.74, 6) is -0.0261. The summed E-state index contributed by atoms with van der Waals surface area (Å²) < 4.78 is 5.37. The Balaban J connectivity index is 2.78. The summed E-state index contributed by atoms with van der Waals surface area (Å²) >= 11 is 0. The molecule has 0 aromatic heterocycles. The van der Waals surface area contributed by atoms with Gasteiger partial charge in [-0.05, 0) is 17.7 Å². The van der Waals surface area contributed by atoms with E-state index in [-0.39, 0.29) is 11.8 Å². The molecule has 0 bridgehead atoms. The van der Waals surface area contributed by atoms with E-state index in [1.807, 2.05) is 38.1 Å². The Morgan fingerprint density at radius 3 is 2.47 bits per heavy atom. The molecule has 1 aromatic carbocycles. The van der Waals surface area contributed by atoms with Crippen molar-refractivity contribution in [1.82, 2.24) is 0 Å². The van der Waals surface area contributed by atoms with E-state index in [2.05, 4.69) is 6.58 Å². The number of hydrogen-bond acceptors (Lipinski definition) is 2. The zero-order valence-corrected chi connectivity index (χ0v) is 10.3. The first-order chi connectivity index (χ1) is 7.95. The van der Waals surface area contributed by atoms with Gasteiger partial charge >= 0.3 is 5.97 Å². The Morgan fingerprint density at radius 2 is 2.00 bits per heavy atom. The largest absolute Gasteiger partial charge is 0.490 e. The molecule has 0 aliphatic carbocycles. The van der Waals surface area contributed by atoms with Crippen LogP contribution in [0.5, 0.6) is 5.75 Å². The predicted molar refractivity (Wildman–Crippen MR) is 67.4 cm³/mol. The fourth-order valence-electron chi connectivity index (χ4n) is 1.64. The third kappa shape index (κ3) is 3.94. The van der Waals surface area contributed by atoms with Gasteiger partial charge in [-0.1, -0.05) is 38.6 Å². The highest BCUT2D eigenvalue weighted by Gasteiger charge is 2.23. The summed E-state index contributed by atoms with van der Waals surface area (Å²) in [6.45, 7) is 7.88. The van der Waals surface area contributed by atoms with Crippen LogP contribution in [0.3, 0.4) is 0 Å². The van der Waals surface area contributed by atoms with Gasteiger partial charge in [-0.3, -0.25) is 4.79 Å². The van der Waals surface area contributed by atoms with Gasteiger partial charge in [0.2, 0.25) is 0 Å². The molecule has 3 nitrogen and oxygen atoms in total. The van der Waals surface area contributed by atoms with Crippen molar-refractivity contribution < 1.29 is 14.6 Å². The molecule has 0 saturated carbocycles. The number of carbonyl (C=O) groups is 1. The molecule has 0 fully saturated rings. The van der Waals surface area contributed by atoms with Gasteiger partial charge in [0.1, 0.15) is 12.4 Å². The molecule has 0 atom stereocenters. The molecule has 0 aliphatic heterocycles. The van der Waals surface area contributed by atoms with Crippen LogP contribution < -0.4 is 4.74 Å². The zero-order valence-electron chi connectivity index (χ0n) is 10.3. The van der Waals surface area contributed by atoms with Crippen LogP contribution in [0.15, 0.2) is 36.9 Å². The number of hydrogen-bond donors (Lipinski definition) is 1. The summed E-state index contributed by atoms with van der Waals surface area (Å²) in [7, 11) is 0. The predicted octanol–water partition coefficient (Wildman–Crippen LogP) is 3.00. The molecule has 1 N–H and O–H groups in total. The fourth-order valence-corrected chi connectivity index (χ4v) is 1.64. The smallest absolute Gasteiger partial charge is 0.304 e. The normalized spacial score (nSPS) is 10.9. The minimum atomic E-state index is -0.790. The van der Waals surface area contributed by atoms with Gasteiger partial charge < -0.3 is 9.84 Å². The summed E-state index contributed by atoms with van der Waals surface area (Å²) in [5.41, 5.74) is 0.619. The van der Waals surface area contributed by atoms with Crippen LogP contribution in [0.25, 0.3) is 0 Å². The van der Waals surface area contributed by atoms with E-state index in [9.17, 15) is 4.79 Å². The van der Waals surface area contributed by atoms with Gasteiger partial charge in [-0.15, -0.1) is 0 Å². The first-order valence-corrected chi connectivity index (χ1v) is 5.52. The van der Waals surface area contributed by atoms with Crippen molar-refractivity contribution in [2.24, 2.45) is 0 Å². The van der Waals surface area contributed by atoms with Crippen LogP contribution in [0, 0.1) is 0 Å². The topological polar surface area (TPSA) is 46.5 Å². The monoisotopic (exact) mass is 234 g/mol. The van der Waals surface area contributed by atoms with E-state index in [0.29, 0.717) is 6.61 Å². The van der Waals surface area contributed by atoms with Crippen molar-refractivity contribution in [1.29, 1.82) is 0 Å². The minimum absolute atomic E-state index is 0.111. The summed E-state index contributed by atoms with van der Waals surface area (Å²) in [5, 5.41) is 8.85. The van der Waals surface area contributed by atoms with Gasteiger partial charge in [-0.2, -0.15) is 0 Å². The Kier molecular flexibility index (Phi) is 4.32. The number of benzene rings is 1. The molecule has 0 aliphatic rings. The minimum Gasteiger partial charge on any atom is -0.490 e. The third-order valence-electron chi connectivity index (χ3n) is 2.60. The van der Waals surface area contributed by atoms with Crippen LogP contribution in [-0.4, -0.2) is 17.7 Å². The van der Waals surface area contributed by atoms with Crippen LogP contribution in [0.1, 0.15) is 25.8 Å². The molecule has 3 heteroatoms. The molecular formula is C14H18O3. The maximum Gasteiger partial charge on any atom is 0.304 e. The first-order valence-electron chi connectivity index (χ1n) is 5.52. The average Bonchev–Trinajstić information content (AvgIpc) is 2.25. The zero-order chi connectivity index (χ0) is 12.9. The lowest BCUT2D eigenvalue weighted by atomic mass is 9.82. The Morgan fingerprint density at radius 1 is 1.41 bits per heavy atom. The van der Waals surface area contributed by atoms with E-state index in [0.717, 1.165) is 11.3 Å². The second-order valence-electron chi connectivity index (χ2n) is 4.58. The lowest BCUT2D eigenvalue weighted by molar-refractivity contribution is -0.138. The second-order valence-corrected chi connectivity index (χ2v) is 4.58. The van der Waals surface area contributed by atoms with E-state index >= 15 is 0 Å². The van der Waals surface area contributed by atoms with E-state index in [4.69, 9.17) is 9.84 Å². The van der Waals surface area contributed by atoms with E-state index in [1.54, 1.807) is 6.08 Å². The summed E-state index contributed by atoms with van der Waals surface area (Å²) in [6, 6.07) is 7.51. The van der Waals surface area contributed by atoms with Gasteiger partial charge in [0.05, 0.1) is 6.42 Å². The van der Waals surface area contributed by atoms with Crippen molar-refractivity contribution in [2.45, 2.75) is 25.7 Å². The number of rotatable bonds is 6. The molecule has 0 saturated heterocycles. The van der Waals surface area contributed by atoms with Gasteiger partial charge in [0.15, 0.2) is 0 Å². The van der Waals surface area contributed by atoms with Gasteiger partial charge in [-0.25, -0.2) is 0 Å². The molecule has 0 amide bonds. The van der Waals surface area contributed by atoms with Gasteiger partial charge in [0.25, 0.3) is 0 Å². The SMILES string of the molecule is C=CCOc1ccc(C(C)(C)CC(=O)O)cc1. The number of aliphatic carboxylic acids is 1. The maximum absolute atomic E-state index is 10.8. The molecule has 0 unspecified atom stereocenters. The van der Waals surface area contributed by atoms with Crippen molar-refractivity contribution in [3.63, 3.8) is 0 Å². The Hall–Kier alpha value is -1.77. The summed E-state index contributed by atoms with van der Waals surface area (Å²) in [4.78, 5) is 10.8. The van der Waals surface area contributed by atoms with Crippen molar-refractivity contribution >= 4 is 5.97 Å². The van der Waals surface area contributed by atoms with E-state index < -0.39 is 5.97 Å². The highest BCUT2D eigenvalue weighted by Crippen LogP contribution is 2.28. The standard InChI is InChI=1S/C14H18O3/c1-4-9-17-12-7-5-11(6-8-12)14(2,3)10-13(15)16/h4-8H,1,9-10H2,2-3H3,(H,15,16). The highest BCUT2D eigenvalue weighted by molar-refractivity contribution is 5.68. The van der Waals surface area contributed by atoms with E-state index in [1.165, 1.54) is 0 Å². The molecule has 0 spiro atoms. The van der Waals surface area contributed by atoms with Crippen LogP contribution in [0.2, 0.25) is 0 Å². The highest BCUT2D eigenvalue weighted by atomic mass is 16.5. The van der Waals surface area contributed by atoms with Crippen molar-refractivity contribution in [2.75, 3.05) is 6.61 Å². The lowest BCUT2D eigenvalue weighted by Crippen LogP contribution is -2.21. The third-order valence-corrected chi connectivity index (χ3v) is 2.60. The lowest BCUT2D eigenvalue weighted by Gasteiger charge is -2.23. The molecule has 0 radical (unpaired) electrons. The molecular weight excluding hydrogens is 216 g/mol. The van der Waals surface area contributed by atoms with Crippen LogP contribution >= 0.6 is 0 Å². The molecule has 1 aromatic rings. The average molecular weight is 234 g/mol. The molecule has 1 rings (SSSR count). The second kappa shape index (κ2) is 5.53. The molecule has 17 heavy (non-hydrogen) atoms. The van der Waals surface area contributed by atoms with Crippen molar-refractivity contribution in [3.8, 4) is 5.75 Å². The first kappa shape index (κ1) is 13.3. The van der Waals surface area contributed by atoms with Crippen LogP contribution in [0.4, 0.5) is 0 Å². The van der Waals surface area contributed by atoms with Crippen LogP contribution in [-0.2, 0) is 10.2 Å². The van der Waals surface area contributed by atoms with Crippen molar-refractivity contribution in [3.05, 3.63) is 42.5 Å². The number of carboxylic acid groups (broad SMARTS) is 1.